The second-order valence-corrected chi connectivity index (χ2v) is 7.62. The van der Waals surface area contributed by atoms with Crippen LogP contribution in [0.2, 0.25) is 5.02 Å². The van der Waals surface area contributed by atoms with Gasteiger partial charge in [-0.1, -0.05) is 11.6 Å². The molecule has 0 aliphatic rings. The van der Waals surface area contributed by atoms with Gasteiger partial charge in [-0.05, 0) is 48.4 Å². The molecule has 8 heteroatoms. The summed E-state index contributed by atoms with van der Waals surface area (Å²) in [5, 5.41) is 1.04. The van der Waals surface area contributed by atoms with E-state index in [2.05, 4.69) is 9.71 Å². The van der Waals surface area contributed by atoms with E-state index in [4.69, 9.17) is 16.3 Å². The molecule has 5 nitrogen and oxygen atoms in total. The molecule has 0 unspecified atom stereocenters. The minimum Gasteiger partial charge on any atom is -0.495 e. The second-order valence-electron chi connectivity index (χ2n) is 5.45. The lowest BCUT2D eigenvalue weighted by Crippen LogP contribution is -2.26. The zero-order valence-corrected chi connectivity index (χ0v) is 14.9. The number of hydrogen-bond donors (Lipinski definition) is 2. The van der Waals surface area contributed by atoms with Crippen LogP contribution >= 0.6 is 11.6 Å². The lowest BCUT2D eigenvalue weighted by molar-refractivity contribution is 0.402. The molecule has 132 valence electrons. The van der Waals surface area contributed by atoms with Crippen LogP contribution in [-0.4, -0.2) is 27.1 Å². The minimum atomic E-state index is -3.78. The summed E-state index contributed by atoms with van der Waals surface area (Å²) in [4.78, 5) is 3.02. The molecule has 25 heavy (non-hydrogen) atoms. The molecule has 0 fully saturated rings. The fourth-order valence-corrected chi connectivity index (χ4v) is 4.08. The lowest BCUT2D eigenvalue weighted by atomic mass is 10.1. The molecule has 3 rings (SSSR count). The van der Waals surface area contributed by atoms with Crippen molar-refractivity contribution in [3.63, 3.8) is 0 Å². The molecule has 0 spiro atoms. The number of ether oxygens (including phenoxy) is 1. The predicted molar refractivity (Wildman–Crippen MR) is 95.2 cm³/mol. The third-order valence-electron chi connectivity index (χ3n) is 3.83. The van der Waals surface area contributed by atoms with E-state index in [1.165, 1.54) is 31.4 Å². The molecule has 0 bridgehead atoms. The van der Waals surface area contributed by atoms with Crippen LogP contribution in [0, 0.1) is 5.82 Å². The summed E-state index contributed by atoms with van der Waals surface area (Å²) in [6, 6.07) is 8.84. The van der Waals surface area contributed by atoms with Gasteiger partial charge < -0.3 is 9.72 Å². The zero-order chi connectivity index (χ0) is 18.0. The van der Waals surface area contributed by atoms with E-state index >= 15 is 0 Å². The van der Waals surface area contributed by atoms with Crippen molar-refractivity contribution in [1.29, 1.82) is 0 Å². The molecular formula is C17H16ClFN2O3S. The molecule has 0 atom stereocenters. The molecule has 2 N–H and O–H groups in total. The molecule has 0 aliphatic carbocycles. The van der Waals surface area contributed by atoms with Gasteiger partial charge in [0.15, 0.2) is 0 Å². The Morgan fingerprint density at radius 3 is 2.80 bits per heavy atom. The van der Waals surface area contributed by atoms with Crippen LogP contribution in [0.3, 0.4) is 0 Å². The Hall–Kier alpha value is -2.09. The highest BCUT2D eigenvalue weighted by Gasteiger charge is 2.19. The average molecular weight is 383 g/mol. The number of sulfonamides is 1. The van der Waals surface area contributed by atoms with Crippen LogP contribution in [0.15, 0.2) is 47.5 Å². The van der Waals surface area contributed by atoms with Crippen molar-refractivity contribution in [2.75, 3.05) is 13.7 Å². The summed E-state index contributed by atoms with van der Waals surface area (Å²) in [5.74, 6) is -0.122. The van der Waals surface area contributed by atoms with Crippen molar-refractivity contribution in [2.24, 2.45) is 0 Å². The largest absolute Gasteiger partial charge is 0.495 e. The van der Waals surface area contributed by atoms with Crippen LogP contribution in [0.25, 0.3) is 10.9 Å². The van der Waals surface area contributed by atoms with Crippen molar-refractivity contribution in [3.8, 4) is 5.75 Å². The van der Waals surface area contributed by atoms with E-state index in [0.717, 1.165) is 16.5 Å². The Kier molecular flexibility index (Phi) is 4.99. The normalized spacial score (nSPS) is 11.8. The molecule has 0 radical (unpaired) electrons. The van der Waals surface area contributed by atoms with Crippen LogP contribution in [0.4, 0.5) is 4.39 Å². The third kappa shape index (κ3) is 3.78. The zero-order valence-electron chi connectivity index (χ0n) is 13.3. The number of methoxy groups -OCH3 is 1. The van der Waals surface area contributed by atoms with Crippen molar-refractivity contribution in [1.82, 2.24) is 9.71 Å². The van der Waals surface area contributed by atoms with E-state index in [-0.39, 0.29) is 23.0 Å². The van der Waals surface area contributed by atoms with E-state index in [9.17, 15) is 12.8 Å². The van der Waals surface area contributed by atoms with Crippen LogP contribution in [0.1, 0.15) is 5.56 Å². The van der Waals surface area contributed by atoms with Gasteiger partial charge in [0, 0.05) is 28.7 Å². The number of aromatic amines is 1. The summed E-state index contributed by atoms with van der Waals surface area (Å²) in [6.07, 6.45) is 2.16. The Labute approximate surface area is 149 Å². The molecule has 1 heterocycles. The van der Waals surface area contributed by atoms with Crippen LogP contribution in [0.5, 0.6) is 5.75 Å². The van der Waals surface area contributed by atoms with Gasteiger partial charge >= 0.3 is 0 Å². The Bertz CT molecular complexity index is 1020. The van der Waals surface area contributed by atoms with Crippen LogP contribution in [-0.2, 0) is 16.4 Å². The van der Waals surface area contributed by atoms with Gasteiger partial charge in [-0.3, -0.25) is 0 Å². The average Bonchev–Trinajstić information content (AvgIpc) is 2.97. The summed E-state index contributed by atoms with van der Waals surface area (Å²) in [7, 11) is -2.39. The quantitative estimate of drug-likeness (QED) is 0.685. The van der Waals surface area contributed by atoms with Gasteiger partial charge in [0.05, 0.1) is 7.11 Å². The van der Waals surface area contributed by atoms with E-state index in [1.807, 2.05) is 0 Å². The van der Waals surface area contributed by atoms with Crippen molar-refractivity contribution >= 4 is 32.5 Å². The summed E-state index contributed by atoms with van der Waals surface area (Å²) < 4.78 is 46.0. The van der Waals surface area contributed by atoms with Gasteiger partial charge in [0.25, 0.3) is 0 Å². The minimum absolute atomic E-state index is 0.0209. The highest BCUT2D eigenvalue weighted by Crippen LogP contribution is 2.27. The molecule has 0 amide bonds. The van der Waals surface area contributed by atoms with E-state index in [0.29, 0.717) is 11.4 Å². The second kappa shape index (κ2) is 7.03. The van der Waals surface area contributed by atoms with Gasteiger partial charge in [0.2, 0.25) is 10.0 Å². The Morgan fingerprint density at radius 2 is 2.04 bits per heavy atom. The summed E-state index contributed by atoms with van der Waals surface area (Å²) in [6.45, 7) is 0.154. The molecule has 1 aromatic heterocycles. The molecular weight excluding hydrogens is 367 g/mol. The maximum Gasteiger partial charge on any atom is 0.244 e. The first-order chi connectivity index (χ1) is 11.9. The molecule has 2 aromatic carbocycles. The van der Waals surface area contributed by atoms with E-state index < -0.39 is 10.0 Å². The summed E-state index contributed by atoms with van der Waals surface area (Å²) in [5.41, 5.74) is 1.63. The number of halogens is 2. The molecule has 0 saturated heterocycles. The highest BCUT2D eigenvalue weighted by molar-refractivity contribution is 7.89. The molecule has 0 saturated carbocycles. The van der Waals surface area contributed by atoms with Crippen molar-refractivity contribution < 1.29 is 17.5 Å². The van der Waals surface area contributed by atoms with Crippen molar-refractivity contribution in [3.05, 3.63) is 59.0 Å². The van der Waals surface area contributed by atoms with E-state index in [1.54, 1.807) is 18.3 Å². The lowest BCUT2D eigenvalue weighted by Gasteiger charge is -2.11. The van der Waals surface area contributed by atoms with Crippen LogP contribution < -0.4 is 9.46 Å². The Morgan fingerprint density at radius 1 is 1.24 bits per heavy atom. The third-order valence-corrected chi connectivity index (χ3v) is 5.55. The Balaban J connectivity index is 1.76. The first-order valence-electron chi connectivity index (χ1n) is 7.49. The van der Waals surface area contributed by atoms with Crippen molar-refractivity contribution in [2.45, 2.75) is 11.3 Å². The molecule has 0 aliphatic heterocycles. The van der Waals surface area contributed by atoms with Gasteiger partial charge in [0.1, 0.15) is 16.5 Å². The van der Waals surface area contributed by atoms with Gasteiger partial charge in [-0.15, -0.1) is 0 Å². The molecule has 3 aromatic rings. The monoisotopic (exact) mass is 382 g/mol. The number of fused-ring (bicyclic) bond motifs is 1. The maximum atomic E-state index is 13.4. The number of nitrogens with one attached hydrogen (secondary N) is 2. The number of benzene rings is 2. The number of hydrogen-bond acceptors (Lipinski definition) is 3. The SMILES string of the molecule is COc1ccc(Cl)cc1S(=O)(=O)NCCc1c[nH]c2ccc(F)cc12. The topological polar surface area (TPSA) is 71.2 Å². The summed E-state index contributed by atoms with van der Waals surface area (Å²) >= 11 is 5.89. The highest BCUT2D eigenvalue weighted by atomic mass is 35.5. The number of aromatic nitrogens is 1. The van der Waals surface area contributed by atoms with Gasteiger partial charge in [-0.2, -0.15) is 0 Å². The predicted octanol–water partition coefficient (Wildman–Crippen LogP) is 3.49. The number of H-pyrrole nitrogens is 1. The maximum absolute atomic E-state index is 13.4. The standard InChI is InChI=1S/C17H16ClFN2O3S/c1-24-16-5-2-12(18)8-17(16)25(22,23)21-7-6-11-10-20-15-4-3-13(19)9-14(11)15/h2-5,8-10,20-21H,6-7H2,1H3. The first-order valence-corrected chi connectivity index (χ1v) is 9.35. The fraction of sp³-hybridized carbons (Fsp3) is 0.176. The first kappa shape index (κ1) is 17.7. The fourth-order valence-electron chi connectivity index (χ4n) is 2.62. The van der Waals surface area contributed by atoms with Gasteiger partial charge in [-0.25, -0.2) is 17.5 Å². The number of rotatable bonds is 6. The smallest absolute Gasteiger partial charge is 0.244 e.